The normalized spacial score (nSPS) is 10.6. The molecular formula is C17H14FN3O4. The maximum atomic E-state index is 13.3. The summed E-state index contributed by atoms with van der Waals surface area (Å²) in [6.45, 7) is -0.125. The average molecular weight is 343 g/mol. The zero-order valence-corrected chi connectivity index (χ0v) is 13.0. The second kappa shape index (κ2) is 7.00. The summed E-state index contributed by atoms with van der Waals surface area (Å²) in [5.41, 5.74) is -1.51. The van der Waals surface area contributed by atoms with E-state index in [1.54, 1.807) is 12.1 Å². The van der Waals surface area contributed by atoms with Crippen molar-refractivity contribution in [2.24, 2.45) is 0 Å². The average Bonchev–Trinajstić information content (AvgIpc) is 3.11. The van der Waals surface area contributed by atoms with E-state index < -0.39 is 22.8 Å². The number of rotatable bonds is 5. The molecule has 128 valence electrons. The number of halogens is 1. The van der Waals surface area contributed by atoms with Crippen molar-refractivity contribution in [3.8, 4) is 5.69 Å². The number of amides is 1. The van der Waals surface area contributed by atoms with Crippen LogP contribution in [0.4, 0.5) is 4.39 Å². The minimum Gasteiger partial charge on any atom is -0.467 e. The second-order valence-electron chi connectivity index (χ2n) is 5.24. The maximum absolute atomic E-state index is 13.3. The lowest BCUT2D eigenvalue weighted by Gasteiger charge is -2.09. The van der Waals surface area contributed by atoms with Gasteiger partial charge in [-0.25, -0.2) is 4.39 Å². The quantitative estimate of drug-likeness (QED) is 0.702. The number of benzene rings is 1. The molecule has 8 heteroatoms. The van der Waals surface area contributed by atoms with Gasteiger partial charge in [0.2, 0.25) is 5.91 Å². The third-order valence-corrected chi connectivity index (χ3v) is 3.50. The van der Waals surface area contributed by atoms with Crippen LogP contribution in [0.2, 0.25) is 0 Å². The molecule has 1 aromatic carbocycles. The molecule has 2 heterocycles. The van der Waals surface area contributed by atoms with E-state index in [1.807, 2.05) is 0 Å². The number of carbonyl (C=O) groups is 1. The number of aromatic nitrogens is 2. The van der Waals surface area contributed by atoms with E-state index in [1.165, 1.54) is 36.9 Å². The van der Waals surface area contributed by atoms with Crippen molar-refractivity contribution in [3.63, 3.8) is 0 Å². The van der Waals surface area contributed by atoms with Crippen LogP contribution in [0.3, 0.4) is 0 Å². The van der Waals surface area contributed by atoms with Crippen LogP contribution < -0.4 is 16.4 Å². The lowest BCUT2D eigenvalue weighted by atomic mass is 10.3. The zero-order chi connectivity index (χ0) is 17.8. The molecule has 0 radical (unpaired) electrons. The largest absolute Gasteiger partial charge is 0.467 e. The highest BCUT2D eigenvalue weighted by Gasteiger charge is 2.10. The van der Waals surface area contributed by atoms with Gasteiger partial charge in [0.15, 0.2) is 0 Å². The summed E-state index contributed by atoms with van der Waals surface area (Å²) < 4.78 is 20.4. The molecule has 7 nitrogen and oxygen atoms in total. The zero-order valence-electron chi connectivity index (χ0n) is 13.0. The van der Waals surface area contributed by atoms with Gasteiger partial charge in [-0.1, -0.05) is 6.07 Å². The van der Waals surface area contributed by atoms with Gasteiger partial charge in [0.25, 0.3) is 0 Å². The van der Waals surface area contributed by atoms with Crippen LogP contribution >= 0.6 is 0 Å². The van der Waals surface area contributed by atoms with Crippen LogP contribution in [0.25, 0.3) is 5.69 Å². The molecule has 0 unspecified atom stereocenters. The SMILES string of the molecule is O=C(Cn1ccn(-c2cccc(F)c2)c(=O)c1=O)NCc1ccco1. The Morgan fingerprint density at radius 2 is 1.96 bits per heavy atom. The summed E-state index contributed by atoms with van der Waals surface area (Å²) in [5, 5.41) is 2.58. The van der Waals surface area contributed by atoms with Crippen LogP contribution in [0, 0.1) is 5.82 Å². The van der Waals surface area contributed by atoms with Crippen molar-refractivity contribution in [1.82, 2.24) is 14.5 Å². The monoisotopic (exact) mass is 343 g/mol. The van der Waals surface area contributed by atoms with Gasteiger partial charge >= 0.3 is 11.1 Å². The van der Waals surface area contributed by atoms with Gasteiger partial charge in [0.1, 0.15) is 18.1 Å². The second-order valence-corrected chi connectivity index (χ2v) is 5.24. The number of carbonyl (C=O) groups excluding carboxylic acids is 1. The van der Waals surface area contributed by atoms with Gasteiger partial charge in [-0.3, -0.25) is 23.5 Å². The van der Waals surface area contributed by atoms with Crippen molar-refractivity contribution in [3.05, 3.63) is 87.3 Å². The third-order valence-electron chi connectivity index (χ3n) is 3.50. The summed E-state index contributed by atoms with van der Waals surface area (Å²) in [4.78, 5) is 36.2. The van der Waals surface area contributed by atoms with Gasteiger partial charge in [0.05, 0.1) is 18.5 Å². The first-order chi connectivity index (χ1) is 12.0. The minimum atomic E-state index is -0.875. The Morgan fingerprint density at radius 1 is 1.12 bits per heavy atom. The number of hydrogen-bond donors (Lipinski definition) is 1. The van der Waals surface area contributed by atoms with Gasteiger partial charge < -0.3 is 9.73 Å². The highest BCUT2D eigenvalue weighted by molar-refractivity contribution is 5.75. The lowest BCUT2D eigenvalue weighted by molar-refractivity contribution is -0.122. The lowest BCUT2D eigenvalue weighted by Crippen LogP contribution is -2.42. The maximum Gasteiger partial charge on any atom is 0.320 e. The molecule has 0 bridgehead atoms. The van der Waals surface area contributed by atoms with E-state index in [9.17, 15) is 18.8 Å². The fraction of sp³-hybridized carbons (Fsp3) is 0.118. The predicted molar refractivity (Wildman–Crippen MR) is 86.8 cm³/mol. The Morgan fingerprint density at radius 3 is 2.68 bits per heavy atom. The number of nitrogens with one attached hydrogen (secondary N) is 1. The molecule has 1 amide bonds. The Balaban J connectivity index is 1.77. The summed E-state index contributed by atoms with van der Waals surface area (Å²) in [6.07, 6.45) is 4.11. The molecule has 0 saturated heterocycles. The Kier molecular flexibility index (Phi) is 4.60. The molecule has 0 aliphatic rings. The molecule has 0 fully saturated rings. The molecule has 3 rings (SSSR count). The molecule has 0 atom stereocenters. The molecule has 0 aliphatic heterocycles. The standard InChI is InChI=1S/C17H14FN3O4/c18-12-3-1-4-13(9-12)21-7-6-20(16(23)17(21)24)11-15(22)19-10-14-5-2-8-25-14/h1-9H,10-11H2,(H,19,22). The van der Waals surface area contributed by atoms with E-state index in [-0.39, 0.29) is 18.8 Å². The van der Waals surface area contributed by atoms with Gasteiger partial charge in [-0.05, 0) is 30.3 Å². The molecule has 0 saturated carbocycles. The Labute approximate surface area is 140 Å². The topological polar surface area (TPSA) is 86.2 Å². The first-order valence-electron chi connectivity index (χ1n) is 7.42. The molecular weight excluding hydrogens is 329 g/mol. The molecule has 0 spiro atoms. The molecule has 25 heavy (non-hydrogen) atoms. The van der Waals surface area contributed by atoms with Crippen LogP contribution in [0.1, 0.15) is 5.76 Å². The summed E-state index contributed by atoms with van der Waals surface area (Å²) in [7, 11) is 0. The van der Waals surface area contributed by atoms with Crippen LogP contribution in [-0.2, 0) is 17.9 Å². The number of hydrogen-bond acceptors (Lipinski definition) is 4. The Bertz CT molecular complexity index is 1010. The summed E-state index contributed by atoms with van der Waals surface area (Å²) in [6, 6.07) is 8.71. The van der Waals surface area contributed by atoms with Crippen LogP contribution in [0.5, 0.6) is 0 Å². The van der Waals surface area contributed by atoms with Crippen molar-refractivity contribution in [1.29, 1.82) is 0 Å². The number of furan rings is 1. The first kappa shape index (κ1) is 16.4. The summed E-state index contributed by atoms with van der Waals surface area (Å²) in [5.74, 6) is -0.394. The van der Waals surface area contributed by atoms with Crippen molar-refractivity contribution in [2.75, 3.05) is 0 Å². The van der Waals surface area contributed by atoms with Gasteiger partial charge in [-0.2, -0.15) is 0 Å². The van der Waals surface area contributed by atoms with E-state index in [4.69, 9.17) is 4.42 Å². The molecule has 1 N–H and O–H groups in total. The fourth-order valence-electron chi connectivity index (χ4n) is 2.27. The highest BCUT2D eigenvalue weighted by Crippen LogP contribution is 2.06. The minimum absolute atomic E-state index is 0.181. The summed E-state index contributed by atoms with van der Waals surface area (Å²) >= 11 is 0. The highest BCUT2D eigenvalue weighted by atomic mass is 19.1. The van der Waals surface area contributed by atoms with Crippen molar-refractivity contribution >= 4 is 5.91 Å². The van der Waals surface area contributed by atoms with Crippen LogP contribution in [0.15, 0.2) is 69.1 Å². The first-order valence-corrected chi connectivity index (χ1v) is 7.42. The van der Waals surface area contributed by atoms with Crippen LogP contribution in [-0.4, -0.2) is 15.0 Å². The van der Waals surface area contributed by atoms with E-state index in [0.717, 1.165) is 15.2 Å². The van der Waals surface area contributed by atoms with E-state index >= 15 is 0 Å². The molecule has 0 aliphatic carbocycles. The molecule has 3 aromatic rings. The third kappa shape index (κ3) is 3.74. The molecule has 2 aromatic heterocycles. The Hall–Kier alpha value is -3.42. The van der Waals surface area contributed by atoms with Gasteiger partial charge in [0, 0.05) is 12.4 Å². The predicted octanol–water partition coefficient (Wildman–Crippen LogP) is 1.05. The number of nitrogens with zero attached hydrogens (tertiary/aromatic N) is 2. The smallest absolute Gasteiger partial charge is 0.320 e. The van der Waals surface area contributed by atoms with Crippen molar-refractivity contribution in [2.45, 2.75) is 13.1 Å². The van der Waals surface area contributed by atoms with Crippen molar-refractivity contribution < 1.29 is 13.6 Å². The van der Waals surface area contributed by atoms with E-state index in [0.29, 0.717) is 5.76 Å². The fourth-order valence-corrected chi connectivity index (χ4v) is 2.27. The van der Waals surface area contributed by atoms with E-state index in [2.05, 4.69) is 5.32 Å². The van der Waals surface area contributed by atoms with Gasteiger partial charge in [-0.15, -0.1) is 0 Å².